The summed E-state index contributed by atoms with van der Waals surface area (Å²) in [6, 6.07) is 4.96. The molecular formula is C16H19Cl2N3O3S. The summed E-state index contributed by atoms with van der Waals surface area (Å²) in [4.78, 5) is 11.8. The Morgan fingerprint density at radius 3 is 2.68 bits per heavy atom. The molecule has 0 radical (unpaired) electrons. The van der Waals surface area contributed by atoms with Crippen molar-refractivity contribution in [2.24, 2.45) is 0 Å². The van der Waals surface area contributed by atoms with Gasteiger partial charge in [0.1, 0.15) is 11.6 Å². The minimum atomic E-state index is -0.570. The maximum Gasteiger partial charge on any atom is 0.408 e. The van der Waals surface area contributed by atoms with E-state index in [4.69, 9.17) is 32.4 Å². The number of rotatable bonds is 5. The normalized spacial score (nSPS) is 12.7. The summed E-state index contributed by atoms with van der Waals surface area (Å²) in [5, 5.41) is 12.0. The number of carbonyl (C=O) groups is 1. The summed E-state index contributed by atoms with van der Waals surface area (Å²) < 4.78 is 10.8. The Bertz CT molecular complexity index is 746. The van der Waals surface area contributed by atoms with Gasteiger partial charge in [0, 0.05) is 5.75 Å². The molecule has 2 rings (SSSR count). The second-order valence-electron chi connectivity index (χ2n) is 6.31. The quantitative estimate of drug-likeness (QED) is 0.686. The number of carbonyl (C=O) groups excluding carboxylic acids is 1. The summed E-state index contributed by atoms with van der Waals surface area (Å²) in [7, 11) is 0. The minimum absolute atomic E-state index is 0.308. The molecule has 25 heavy (non-hydrogen) atoms. The van der Waals surface area contributed by atoms with Crippen LogP contribution in [0.4, 0.5) is 4.79 Å². The van der Waals surface area contributed by atoms with Crippen LogP contribution in [0.2, 0.25) is 10.0 Å². The Kier molecular flexibility index (Phi) is 6.59. The number of halogens is 2. The molecule has 1 aromatic carbocycles. The van der Waals surface area contributed by atoms with Gasteiger partial charge in [0.25, 0.3) is 5.22 Å². The lowest BCUT2D eigenvalue weighted by molar-refractivity contribution is 0.0500. The van der Waals surface area contributed by atoms with Crippen LogP contribution in [0.1, 0.15) is 45.2 Å². The third-order valence-corrected chi connectivity index (χ3v) is 4.50. The molecule has 136 valence electrons. The van der Waals surface area contributed by atoms with E-state index in [1.54, 1.807) is 39.8 Å². The van der Waals surface area contributed by atoms with Gasteiger partial charge >= 0.3 is 6.09 Å². The fourth-order valence-electron chi connectivity index (χ4n) is 1.77. The van der Waals surface area contributed by atoms with E-state index in [-0.39, 0.29) is 0 Å². The molecule has 1 N–H and O–H groups in total. The summed E-state index contributed by atoms with van der Waals surface area (Å²) in [5.41, 5.74) is 0.415. The van der Waals surface area contributed by atoms with E-state index in [0.29, 0.717) is 26.9 Å². The molecule has 1 atom stereocenters. The van der Waals surface area contributed by atoms with Crippen LogP contribution < -0.4 is 5.32 Å². The molecule has 6 nitrogen and oxygen atoms in total. The fraction of sp³-hybridized carbons (Fsp3) is 0.438. The zero-order chi connectivity index (χ0) is 18.6. The molecule has 0 fully saturated rings. The lowest BCUT2D eigenvalue weighted by Gasteiger charge is -2.20. The highest BCUT2D eigenvalue weighted by molar-refractivity contribution is 7.98. The predicted molar refractivity (Wildman–Crippen MR) is 98.1 cm³/mol. The number of nitrogens with zero attached hydrogens (tertiary/aromatic N) is 2. The summed E-state index contributed by atoms with van der Waals surface area (Å²) in [6.07, 6.45) is -0.539. The van der Waals surface area contributed by atoms with Crippen molar-refractivity contribution >= 4 is 41.1 Å². The van der Waals surface area contributed by atoms with E-state index in [9.17, 15) is 4.79 Å². The highest BCUT2D eigenvalue weighted by atomic mass is 35.5. The van der Waals surface area contributed by atoms with Crippen molar-refractivity contribution in [3.8, 4) is 0 Å². The lowest BCUT2D eigenvalue weighted by atomic mass is 10.2. The third-order valence-electron chi connectivity index (χ3n) is 2.87. The molecular weight excluding hydrogens is 385 g/mol. The molecule has 1 heterocycles. The number of aromatic nitrogens is 2. The maximum absolute atomic E-state index is 11.8. The van der Waals surface area contributed by atoms with Crippen LogP contribution in [0, 0.1) is 0 Å². The molecule has 0 spiro atoms. The first kappa shape index (κ1) is 19.9. The molecule has 1 aromatic heterocycles. The first-order chi connectivity index (χ1) is 11.6. The van der Waals surface area contributed by atoms with Crippen molar-refractivity contribution in [3.63, 3.8) is 0 Å². The minimum Gasteiger partial charge on any atom is -0.444 e. The number of benzene rings is 1. The average molecular weight is 404 g/mol. The SMILES string of the molecule is C[C@H](NC(=O)OC(C)(C)C)c1nnc(SCc2ccc(Cl)c(Cl)c2)o1. The van der Waals surface area contributed by atoms with E-state index in [0.717, 1.165) is 5.56 Å². The average Bonchev–Trinajstić information content (AvgIpc) is 2.95. The Morgan fingerprint density at radius 2 is 2.04 bits per heavy atom. The van der Waals surface area contributed by atoms with Gasteiger partial charge in [-0.2, -0.15) is 0 Å². The Hall–Kier alpha value is -1.44. The standard InChI is InChI=1S/C16H19Cl2N3O3S/c1-9(19-14(22)24-16(2,3)4)13-20-21-15(23-13)25-8-10-5-6-11(17)12(18)7-10/h5-7,9H,8H2,1-4H3,(H,19,22)/t9-/m0/s1. The molecule has 0 saturated heterocycles. The second-order valence-corrected chi connectivity index (χ2v) is 8.05. The third kappa shape index (κ3) is 6.41. The van der Waals surface area contributed by atoms with E-state index < -0.39 is 17.7 Å². The van der Waals surface area contributed by atoms with Crippen LogP contribution in [-0.4, -0.2) is 21.9 Å². The van der Waals surface area contributed by atoms with E-state index >= 15 is 0 Å². The van der Waals surface area contributed by atoms with Crippen molar-refractivity contribution < 1.29 is 13.9 Å². The Morgan fingerprint density at radius 1 is 1.32 bits per heavy atom. The predicted octanol–water partition coefficient (Wildman–Crippen LogP) is 5.25. The number of hydrogen-bond acceptors (Lipinski definition) is 6. The molecule has 2 aromatic rings. The summed E-state index contributed by atoms with van der Waals surface area (Å²) >= 11 is 13.3. The van der Waals surface area contributed by atoms with Gasteiger partial charge in [-0.1, -0.05) is 41.0 Å². The van der Waals surface area contributed by atoms with Gasteiger partial charge in [0.2, 0.25) is 5.89 Å². The topological polar surface area (TPSA) is 77.2 Å². The van der Waals surface area contributed by atoms with Gasteiger partial charge in [0.15, 0.2) is 0 Å². The molecule has 9 heteroatoms. The monoisotopic (exact) mass is 403 g/mol. The highest BCUT2D eigenvalue weighted by Gasteiger charge is 2.21. The number of hydrogen-bond donors (Lipinski definition) is 1. The van der Waals surface area contributed by atoms with Gasteiger partial charge in [-0.3, -0.25) is 0 Å². The van der Waals surface area contributed by atoms with Crippen molar-refractivity contribution in [2.75, 3.05) is 0 Å². The molecule has 0 aliphatic heterocycles. The number of thioether (sulfide) groups is 1. The van der Waals surface area contributed by atoms with Crippen molar-refractivity contribution in [1.29, 1.82) is 0 Å². The summed E-state index contributed by atoms with van der Waals surface area (Å²) in [5.74, 6) is 0.911. The molecule has 0 aliphatic carbocycles. The second kappa shape index (κ2) is 8.29. The lowest BCUT2D eigenvalue weighted by Crippen LogP contribution is -2.34. The smallest absolute Gasteiger partial charge is 0.408 e. The van der Waals surface area contributed by atoms with Crippen LogP contribution in [0.5, 0.6) is 0 Å². The zero-order valence-electron chi connectivity index (χ0n) is 14.3. The molecule has 0 aliphatic rings. The van der Waals surface area contributed by atoms with E-state index in [2.05, 4.69) is 15.5 Å². The molecule has 1 amide bonds. The van der Waals surface area contributed by atoms with Gasteiger partial charge in [-0.25, -0.2) is 4.79 Å². The van der Waals surface area contributed by atoms with Gasteiger partial charge in [0.05, 0.1) is 10.0 Å². The Balaban J connectivity index is 1.90. The van der Waals surface area contributed by atoms with Gasteiger partial charge in [-0.05, 0) is 45.4 Å². The van der Waals surface area contributed by atoms with Crippen LogP contribution in [-0.2, 0) is 10.5 Å². The summed E-state index contributed by atoms with van der Waals surface area (Å²) in [6.45, 7) is 7.12. The Labute approximate surface area is 160 Å². The molecule has 0 unspecified atom stereocenters. The van der Waals surface area contributed by atoms with Crippen molar-refractivity contribution in [1.82, 2.24) is 15.5 Å². The maximum atomic E-state index is 11.8. The van der Waals surface area contributed by atoms with Gasteiger partial charge < -0.3 is 14.5 Å². The number of ether oxygens (including phenoxy) is 1. The largest absolute Gasteiger partial charge is 0.444 e. The zero-order valence-corrected chi connectivity index (χ0v) is 16.6. The van der Waals surface area contributed by atoms with Crippen LogP contribution >= 0.6 is 35.0 Å². The molecule has 0 bridgehead atoms. The van der Waals surface area contributed by atoms with Gasteiger partial charge in [-0.15, -0.1) is 10.2 Å². The first-order valence-corrected chi connectivity index (χ1v) is 9.28. The van der Waals surface area contributed by atoms with E-state index in [1.165, 1.54) is 11.8 Å². The number of nitrogens with one attached hydrogen (secondary N) is 1. The van der Waals surface area contributed by atoms with Crippen molar-refractivity contribution in [3.05, 3.63) is 39.7 Å². The number of alkyl carbamates (subject to hydrolysis) is 1. The first-order valence-electron chi connectivity index (χ1n) is 7.53. The van der Waals surface area contributed by atoms with Crippen molar-refractivity contribution in [2.45, 2.75) is 50.3 Å². The highest BCUT2D eigenvalue weighted by Crippen LogP contribution is 2.27. The molecule has 0 saturated carbocycles. The van der Waals surface area contributed by atoms with Crippen LogP contribution in [0.15, 0.2) is 27.8 Å². The fourth-order valence-corrected chi connectivity index (χ4v) is 2.81. The van der Waals surface area contributed by atoms with E-state index in [1.807, 2.05) is 6.07 Å². The van der Waals surface area contributed by atoms with Crippen LogP contribution in [0.3, 0.4) is 0 Å². The van der Waals surface area contributed by atoms with Crippen LogP contribution in [0.25, 0.3) is 0 Å². The number of amides is 1.